The summed E-state index contributed by atoms with van der Waals surface area (Å²) in [5, 5.41) is 11.7. The van der Waals surface area contributed by atoms with E-state index in [1.165, 1.54) is 4.90 Å². The number of carbonyl (C=O) groups excluding carboxylic acids is 2. The maximum absolute atomic E-state index is 13.3. The minimum Gasteiger partial charge on any atom is -0.503 e. The van der Waals surface area contributed by atoms with Crippen molar-refractivity contribution >= 4 is 34.3 Å². The Hall–Kier alpha value is -3.12. The van der Waals surface area contributed by atoms with Gasteiger partial charge in [0, 0.05) is 29.3 Å². The monoisotopic (exact) mass is 396 g/mol. The molecule has 1 aliphatic rings. The van der Waals surface area contributed by atoms with Crippen LogP contribution in [0.4, 0.5) is 0 Å². The number of rotatable bonds is 5. The minimum atomic E-state index is -0.695. The number of aromatic nitrogens is 1. The molecule has 1 atom stereocenters. The van der Waals surface area contributed by atoms with Gasteiger partial charge in [0.25, 0.3) is 5.91 Å². The molecule has 2 aromatic heterocycles. The number of Topliss-reactive ketones (excluding diaryl/α,β-unsaturated/α-hetero) is 1. The molecule has 3 aromatic rings. The van der Waals surface area contributed by atoms with Gasteiger partial charge in [-0.2, -0.15) is 0 Å². The molecule has 3 heterocycles. The zero-order valence-corrected chi connectivity index (χ0v) is 15.8. The highest BCUT2D eigenvalue weighted by Crippen LogP contribution is 2.39. The van der Waals surface area contributed by atoms with E-state index >= 15 is 0 Å². The number of amides is 1. The Labute approximate surface area is 166 Å². The summed E-state index contributed by atoms with van der Waals surface area (Å²) >= 11 is 6.00. The van der Waals surface area contributed by atoms with Gasteiger partial charge in [-0.3, -0.25) is 14.6 Å². The van der Waals surface area contributed by atoms with Gasteiger partial charge in [0.2, 0.25) is 5.78 Å². The van der Waals surface area contributed by atoms with Gasteiger partial charge in [-0.1, -0.05) is 18.5 Å². The number of carbonyl (C=O) groups is 2. The lowest BCUT2D eigenvalue weighted by Crippen LogP contribution is -2.31. The van der Waals surface area contributed by atoms with Crippen LogP contribution in [0.5, 0.6) is 0 Å². The van der Waals surface area contributed by atoms with Crippen molar-refractivity contribution in [2.45, 2.75) is 19.4 Å². The first kappa shape index (κ1) is 18.3. The molecule has 7 heteroatoms. The summed E-state index contributed by atoms with van der Waals surface area (Å²) < 4.78 is 5.66. The number of aliphatic hydroxyl groups is 1. The Bertz CT molecular complexity index is 1100. The van der Waals surface area contributed by atoms with E-state index in [1.54, 1.807) is 48.8 Å². The number of benzene rings is 1. The molecule has 0 saturated heterocycles. The average molecular weight is 397 g/mol. The Kier molecular flexibility index (Phi) is 4.65. The van der Waals surface area contributed by atoms with Crippen molar-refractivity contribution in [1.29, 1.82) is 0 Å². The predicted octanol–water partition coefficient (Wildman–Crippen LogP) is 4.47. The molecule has 0 saturated carbocycles. The van der Waals surface area contributed by atoms with Crippen molar-refractivity contribution in [3.63, 3.8) is 0 Å². The van der Waals surface area contributed by atoms with E-state index in [4.69, 9.17) is 16.0 Å². The van der Waals surface area contributed by atoms with Gasteiger partial charge in [-0.15, -0.1) is 0 Å². The summed E-state index contributed by atoms with van der Waals surface area (Å²) in [4.78, 5) is 31.4. The number of hydrogen-bond donors (Lipinski definition) is 1. The molecule has 6 nitrogen and oxygen atoms in total. The van der Waals surface area contributed by atoms with Crippen molar-refractivity contribution in [3.05, 3.63) is 76.5 Å². The molecule has 0 spiro atoms. The van der Waals surface area contributed by atoms with Crippen molar-refractivity contribution in [1.82, 2.24) is 9.88 Å². The highest BCUT2D eigenvalue weighted by atomic mass is 35.5. The fourth-order valence-corrected chi connectivity index (χ4v) is 3.69. The molecule has 0 bridgehead atoms. The summed E-state index contributed by atoms with van der Waals surface area (Å²) in [6.45, 7) is 2.33. The zero-order valence-electron chi connectivity index (χ0n) is 15.1. The van der Waals surface area contributed by atoms with Crippen LogP contribution in [-0.2, 0) is 4.79 Å². The van der Waals surface area contributed by atoms with Crippen LogP contribution in [0.3, 0.4) is 0 Å². The fourth-order valence-electron chi connectivity index (χ4n) is 3.51. The zero-order chi connectivity index (χ0) is 19.8. The number of aliphatic hydroxyl groups excluding tert-OH is 1. The molecule has 1 aliphatic heterocycles. The van der Waals surface area contributed by atoms with Gasteiger partial charge >= 0.3 is 0 Å². The molecule has 1 unspecified atom stereocenters. The van der Waals surface area contributed by atoms with Gasteiger partial charge in [0.15, 0.2) is 11.5 Å². The first-order valence-electron chi connectivity index (χ1n) is 8.89. The molecule has 1 amide bonds. The topological polar surface area (TPSA) is 83.6 Å². The maximum Gasteiger partial charge on any atom is 0.290 e. The molecule has 4 rings (SSSR count). The van der Waals surface area contributed by atoms with Crippen LogP contribution in [0.2, 0.25) is 5.02 Å². The SMILES string of the molecule is CCCN1C(=O)C(O)=C(C(=O)c2cc3cc(Cl)ccc3o2)C1c1ccncc1. The van der Waals surface area contributed by atoms with Crippen LogP contribution in [0.15, 0.2) is 64.5 Å². The number of furan rings is 1. The van der Waals surface area contributed by atoms with Gasteiger partial charge in [-0.25, -0.2) is 0 Å². The first-order valence-corrected chi connectivity index (χ1v) is 9.27. The van der Waals surface area contributed by atoms with Crippen molar-refractivity contribution in [3.8, 4) is 0 Å². The van der Waals surface area contributed by atoms with Crippen LogP contribution < -0.4 is 0 Å². The van der Waals surface area contributed by atoms with Crippen LogP contribution in [0, 0.1) is 0 Å². The summed E-state index contributed by atoms with van der Waals surface area (Å²) in [6.07, 6.45) is 3.86. The second-order valence-electron chi connectivity index (χ2n) is 6.57. The molecule has 0 aliphatic carbocycles. The lowest BCUT2D eigenvalue weighted by Gasteiger charge is -2.26. The predicted molar refractivity (Wildman–Crippen MR) is 104 cm³/mol. The van der Waals surface area contributed by atoms with Gasteiger partial charge in [0.05, 0.1) is 11.6 Å². The minimum absolute atomic E-state index is 0.00908. The van der Waals surface area contributed by atoms with E-state index < -0.39 is 23.5 Å². The standard InChI is InChI=1S/C21H17ClN2O4/c1-2-9-24-18(12-5-7-23-8-6-12)17(20(26)21(24)27)19(25)16-11-13-10-14(22)3-4-15(13)28-16/h3-8,10-11,18,26H,2,9H2,1H3. The third kappa shape index (κ3) is 2.96. The largest absolute Gasteiger partial charge is 0.503 e. The summed E-state index contributed by atoms with van der Waals surface area (Å²) in [7, 11) is 0. The normalized spacial score (nSPS) is 17.0. The number of hydrogen-bond acceptors (Lipinski definition) is 5. The molecular weight excluding hydrogens is 380 g/mol. The van der Waals surface area contributed by atoms with E-state index in [0.717, 1.165) is 0 Å². The van der Waals surface area contributed by atoms with Gasteiger partial charge in [0.1, 0.15) is 5.58 Å². The Morgan fingerprint density at radius 3 is 2.71 bits per heavy atom. The summed E-state index contributed by atoms with van der Waals surface area (Å²) in [5.74, 6) is -1.59. The number of halogens is 1. The third-order valence-electron chi connectivity index (χ3n) is 4.74. The van der Waals surface area contributed by atoms with Crippen LogP contribution in [0.25, 0.3) is 11.0 Å². The summed E-state index contributed by atoms with van der Waals surface area (Å²) in [6, 6.07) is 9.36. The lowest BCUT2D eigenvalue weighted by molar-refractivity contribution is -0.129. The Morgan fingerprint density at radius 2 is 2.00 bits per heavy atom. The van der Waals surface area contributed by atoms with E-state index in [1.807, 2.05) is 6.92 Å². The van der Waals surface area contributed by atoms with E-state index in [9.17, 15) is 14.7 Å². The molecule has 1 aromatic carbocycles. The van der Waals surface area contributed by atoms with Crippen LogP contribution in [0.1, 0.15) is 35.5 Å². The molecule has 142 valence electrons. The quantitative estimate of drug-likeness (QED) is 0.643. The van der Waals surface area contributed by atoms with Gasteiger partial charge < -0.3 is 14.4 Å². The molecular formula is C21H17ClN2O4. The van der Waals surface area contributed by atoms with E-state index in [-0.39, 0.29) is 11.3 Å². The lowest BCUT2D eigenvalue weighted by atomic mass is 9.95. The average Bonchev–Trinajstić information content (AvgIpc) is 3.22. The second kappa shape index (κ2) is 7.13. The Morgan fingerprint density at radius 1 is 1.25 bits per heavy atom. The molecule has 1 N–H and O–H groups in total. The molecule has 0 fully saturated rings. The highest BCUT2D eigenvalue weighted by Gasteiger charge is 2.44. The second-order valence-corrected chi connectivity index (χ2v) is 7.00. The molecule has 0 radical (unpaired) electrons. The van der Waals surface area contributed by atoms with Crippen molar-refractivity contribution < 1.29 is 19.1 Å². The van der Waals surface area contributed by atoms with Crippen LogP contribution >= 0.6 is 11.6 Å². The third-order valence-corrected chi connectivity index (χ3v) is 4.97. The Balaban J connectivity index is 1.81. The van der Waals surface area contributed by atoms with E-state index in [2.05, 4.69) is 4.98 Å². The van der Waals surface area contributed by atoms with E-state index in [0.29, 0.717) is 34.5 Å². The fraction of sp³-hybridized carbons (Fsp3) is 0.190. The number of pyridine rings is 1. The maximum atomic E-state index is 13.3. The van der Waals surface area contributed by atoms with Crippen molar-refractivity contribution in [2.24, 2.45) is 0 Å². The van der Waals surface area contributed by atoms with Crippen LogP contribution in [-0.4, -0.2) is 33.2 Å². The number of fused-ring (bicyclic) bond motifs is 1. The highest BCUT2D eigenvalue weighted by molar-refractivity contribution is 6.31. The van der Waals surface area contributed by atoms with Crippen molar-refractivity contribution in [2.75, 3.05) is 6.54 Å². The van der Waals surface area contributed by atoms with Gasteiger partial charge in [-0.05, 0) is 48.4 Å². The molecule has 28 heavy (non-hydrogen) atoms. The number of nitrogens with zero attached hydrogens (tertiary/aromatic N) is 2. The first-order chi connectivity index (χ1) is 13.5. The number of ketones is 1. The summed E-state index contributed by atoms with van der Waals surface area (Å²) in [5.41, 5.74) is 1.21. The smallest absolute Gasteiger partial charge is 0.290 e.